The van der Waals surface area contributed by atoms with Gasteiger partial charge in [-0.15, -0.1) is 0 Å². The molecule has 1 rings (SSSR count). The summed E-state index contributed by atoms with van der Waals surface area (Å²) < 4.78 is 5.04. The smallest absolute Gasteiger partial charge is 0.254 e. The summed E-state index contributed by atoms with van der Waals surface area (Å²) in [6, 6.07) is 1.99. The van der Waals surface area contributed by atoms with E-state index in [0.717, 1.165) is 5.76 Å². The molecule has 0 aliphatic rings. The Morgan fingerprint density at radius 1 is 1.64 bits per heavy atom. The van der Waals surface area contributed by atoms with Crippen molar-refractivity contribution < 1.29 is 9.21 Å². The third-order valence-electron chi connectivity index (χ3n) is 2.05. The van der Waals surface area contributed by atoms with Crippen LogP contribution in [0.4, 0.5) is 0 Å². The summed E-state index contributed by atoms with van der Waals surface area (Å²) in [4.78, 5) is 11.5. The quantitative estimate of drug-likeness (QED) is 0.753. The minimum absolute atomic E-state index is 0.0936. The molecule has 0 aliphatic carbocycles. The summed E-state index contributed by atoms with van der Waals surface area (Å²) in [5.41, 5.74) is 0.575. The summed E-state index contributed by atoms with van der Waals surface area (Å²) in [5, 5.41) is 5.84. The minimum atomic E-state index is -0.0936. The standard InChI is InChI=1S/C10H16N2O2/c1-7(11-3)5-12-10(13)9-4-8(2)14-6-9/h4,6-7,11H,5H2,1-3H3,(H,12,13). The average Bonchev–Trinajstić information content (AvgIpc) is 2.60. The van der Waals surface area contributed by atoms with Gasteiger partial charge in [0.1, 0.15) is 12.0 Å². The maximum Gasteiger partial charge on any atom is 0.254 e. The maximum atomic E-state index is 11.5. The van der Waals surface area contributed by atoms with Gasteiger partial charge >= 0.3 is 0 Å². The molecular formula is C10H16N2O2. The number of rotatable bonds is 4. The van der Waals surface area contributed by atoms with Crippen molar-refractivity contribution in [3.05, 3.63) is 23.7 Å². The van der Waals surface area contributed by atoms with Crippen LogP contribution in [0.1, 0.15) is 23.0 Å². The zero-order chi connectivity index (χ0) is 10.6. The molecule has 0 radical (unpaired) electrons. The van der Waals surface area contributed by atoms with Gasteiger partial charge < -0.3 is 15.1 Å². The Kier molecular flexibility index (Phi) is 3.71. The van der Waals surface area contributed by atoms with E-state index >= 15 is 0 Å². The summed E-state index contributed by atoms with van der Waals surface area (Å²) in [6.07, 6.45) is 1.47. The second-order valence-corrected chi connectivity index (χ2v) is 3.35. The molecule has 0 spiro atoms. The number of furan rings is 1. The van der Waals surface area contributed by atoms with E-state index in [1.165, 1.54) is 6.26 Å². The number of aryl methyl sites for hydroxylation is 1. The van der Waals surface area contributed by atoms with Crippen molar-refractivity contribution in [3.8, 4) is 0 Å². The van der Waals surface area contributed by atoms with Crippen LogP contribution in [-0.2, 0) is 0 Å². The average molecular weight is 196 g/mol. The van der Waals surface area contributed by atoms with Crippen molar-refractivity contribution in [2.24, 2.45) is 0 Å². The molecule has 0 saturated heterocycles. The monoisotopic (exact) mass is 196 g/mol. The normalized spacial score (nSPS) is 12.5. The number of nitrogens with one attached hydrogen (secondary N) is 2. The van der Waals surface area contributed by atoms with Crippen molar-refractivity contribution in [1.29, 1.82) is 0 Å². The van der Waals surface area contributed by atoms with Gasteiger partial charge in [0.05, 0.1) is 5.56 Å². The molecule has 78 valence electrons. The number of hydrogen-bond donors (Lipinski definition) is 2. The van der Waals surface area contributed by atoms with Gasteiger partial charge in [0.2, 0.25) is 0 Å². The SMILES string of the molecule is CNC(C)CNC(=O)c1coc(C)c1. The molecule has 2 N–H and O–H groups in total. The zero-order valence-electron chi connectivity index (χ0n) is 8.76. The lowest BCUT2D eigenvalue weighted by molar-refractivity contribution is 0.0950. The number of likely N-dealkylation sites (N-methyl/N-ethyl adjacent to an activating group) is 1. The molecule has 4 nitrogen and oxygen atoms in total. The third-order valence-corrected chi connectivity index (χ3v) is 2.05. The van der Waals surface area contributed by atoms with Gasteiger partial charge in [-0.05, 0) is 27.0 Å². The number of carbonyl (C=O) groups excluding carboxylic acids is 1. The first kappa shape index (κ1) is 10.8. The Balaban J connectivity index is 2.43. The summed E-state index contributed by atoms with van der Waals surface area (Å²) in [5.74, 6) is 0.653. The predicted octanol–water partition coefficient (Wildman–Crippen LogP) is 0.926. The summed E-state index contributed by atoms with van der Waals surface area (Å²) in [7, 11) is 1.86. The fourth-order valence-electron chi connectivity index (χ4n) is 1.01. The van der Waals surface area contributed by atoms with Gasteiger partial charge in [0, 0.05) is 12.6 Å². The van der Waals surface area contributed by atoms with Crippen molar-refractivity contribution in [2.45, 2.75) is 19.9 Å². The van der Waals surface area contributed by atoms with Crippen molar-refractivity contribution in [2.75, 3.05) is 13.6 Å². The Bertz CT molecular complexity index is 307. The highest BCUT2D eigenvalue weighted by atomic mass is 16.3. The molecule has 1 amide bonds. The van der Waals surface area contributed by atoms with E-state index in [0.29, 0.717) is 12.1 Å². The first-order valence-corrected chi connectivity index (χ1v) is 4.64. The molecule has 0 aromatic carbocycles. The highest BCUT2D eigenvalue weighted by molar-refractivity contribution is 5.93. The summed E-state index contributed by atoms with van der Waals surface area (Å²) in [6.45, 7) is 4.42. The zero-order valence-corrected chi connectivity index (χ0v) is 8.76. The lowest BCUT2D eigenvalue weighted by Crippen LogP contribution is -2.37. The van der Waals surface area contributed by atoms with E-state index < -0.39 is 0 Å². The first-order chi connectivity index (χ1) is 6.63. The molecule has 1 aromatic heterocycles. The van der Waals surface area contributed by atoms with E-state index in [-0.39, 0.29) is 11.9 Å². The lowest BCUT2D eigenvalue weighted by Gasteiger charge is -2.10. The molecule has 1 unspecified atom stereocenters. The van der Waals surface area contributed by atoms with Gasteiger partial charge in [-0.25, -0.2) is 0 Å². The van der Waals surface area contributed by atoms with Crippen LogP contribution in [0, 0.1) is 6.92 Å². The molecule has 4 heteroatoms. The van der Waals surface area contributed by atoms with Crippen molar-refractivity contribution in [3.63, 3.8) is 0 Å². The second-order valence-electron chi connectivity index (χ2n) is 3.35. The van der Waals surface area contributed by atoms with E-state index in [9.17, 15) is 4.79 Å². The highest BCUT2D eigenvalue weighted by Gasteiger charge is 2.08. The maximum absolute atomic E-state index is 11.5. The Labute approximate surface area is 83.7 Å². The van der Waals surface area contributed by atoms with Crippen molar-refractivity contribution in [1.82, 2.24) is 10.6 Å². The number of amides is 1. The van der Waals surface area contributed by atoms with Crippen LogP contribution in [0.25, 0.3) is 0 Å². The van der Waals surface area contributed by atoms with E-state index in [2.05, 4.69) is 10.6 Å². The van der Waals surface area contributed by atoms with Gasteiger partial charge in [0.25, 0.3) is 5.91 Å². The molecule has 14 heavy (non-hydrogen) atoms. The van der Waals surface area contributed by atoms with Gasteiger partial charge in [-0.3, -0.25) is 4.79 Å². The molecular weight excluding hydrogens is 180 g/mol. The molecule has 0 fully saturated rings. The number of hydrogen-bond acceptors (Lipinski definition) is 3. The Hall–Kier alpha value is -1.29. The molecule has 0 bridgehead atoms. The van der Waals surface area contributed by atoms with Crippen LogP contribution in [0.2, 0.25) is 0 Å². The molecule has 1 atom stereocenters. The summed E-state index contributed by atoms with van der Waals surface area (Å²) >= 11 is 0. The van der Waals surface area contributed by atoms with Crippen LogP contribution in [-0.4, -0.2) is 25.5 Å². The fraction of sp³-hybridized carbons (Fsp3) is 0.500. The first-order valence-electron chi connectivity index (χ1n) is 4.64. The van der Waals surface area contributed by atoms with Gasteiger partial charge in [-0.2, -0.15) is 0 Å². The lowest BCUT2D eigenvalue weighted by atomic mass is 10.3. The molecule has 1 heterocycles. The van der Waals surface area contributed by atoms with E-state index in [1.807, 2.05) is 20.9 Å². The Morgan fingerprint density at radius 2 is 2.36 bits per heavy atom. The van der Waals surface area contributed by atoms with E-state index in [4.69, 9.17) is 4.42 Å². The van der Waals surface area contributed by atoms with Gasteiger partial charge in [-0.1, -0.05) is 0 Å². The largest absolute Gasteiger partial charge is 0.469 e. The number of carbonyl (C=O) groups is 1. The van der Waals surface area contributed by atoms with Crippen LogP contribution in [0.5, 0.6) is 0 Å². The molecule has 0 aliphatic heterocycles. The second kappa shape index (κ2) is 4.81. The molecule has 1 aromatic rings. The topological polar surface area (TPSA) is 54.3 Å². The fourth-order valence-corrected chi connectivity index (χ4v) is 1.01. The van der Waals surface area contributed by atoms with Crippen LogP contribution >= 0.6 is 0 Å². The van der Waals surface area contributed by atoms with Crippen LogP contribution in [0.15, 0.2) is 16.7 Å². The van der Waals surface area contributed by atoms with Crippen LogP contribution in [0.3, 0.4) is 0 Å². The van der Waals surface area contributed by atoms with Gasteiger partial charge in [0.15, 0.2) is 0 Å². The Morgan fingerprint density at radius 3 is 2.86 bits per heavy atom. The molecule has 0 saturated carbocycles. The third kappa shape index (κ3) is 2.88. The highest BCUT2D eigenvalue weighted by Crippen LogP contribution is 2.05. The minimum Gasteiger partial charge on any atom is -0.469 e. The van der Waals surface area contributed by atoms with Crippen molar-refractivity contribution >= 4 is 5.91 Å². The predicted molar refractivity (Wildman–Crippen MR) is 54.3 cm³/mol. The van der Waals surface area contributed by atoms with E-state index in [1.54, 1.807) is 6.07 Å². The van der Waals surface area contributed by atoms with Crippen LogP contribution < -0.4 is 10.6 Å².